The monoisotopic (exact) mass is 283 g/mol. The topological polar surface area (TPSA) is 61.1 Å². The van der Waals surface area contributed by atoms with Crippen LogP contribution in [0.1, 0.15) is 24.5 Å². The Hall–Kier alpha value is -2.13. The fourth-order valence-corrected chi connectivity index (χ4v) is 1.54. The number of aliphatic hydroxyl groups is 1. The van der Waals surface area contributed by atoms with Gasteiger partial charge in [0.25, 0.3) is 0 Å². The number of nitriles is 1. The zero-order chi connectivity index (χ0) is 15.4. The molecule has 0 radical (unpaired) electrons. The maximum Gasteiger partial charge on any atom is 0.421 e. The van der Waals surface area contributed by atoms with Crippen molar-refractivity contribution in [1.82, 2.24) is 0 Å². The van der Waals surface area contributed by atoms with Gasteiger partial charge in [-0.2, -0.15) is 18.4 Å². The molecule has 0 saturated heterocycles. The molecule has 0 spiro atoms. The molecule has 3 nitrogen and oxygen atoms in total. The van der Waals surface area contributed by atoms with E-state index < -0.39 is 24.0 Å². The zero-order valence-electron chi connectivity index (χ0n) is 10.6. The van der Waals surface area contributed by atoms with Gasteiger partial charge in [0.2, 0.25) is 0 Å². The molecule has 1 rings (SSSR count). The van der Waals surface area contributed by atoms with Crippen LogP contribution >= 0.6 is 0 Å². The van der Waals surface area contributed by atoms with Gasteiger partial charge in [0.05, 0.1) is 11.6 Å². The van der Waals surface area contributed by atoms with E-state index in [1.54, 1.807) is 0 Å². The van der Waals surface area contributed by atoms with E-state index in [0.717, 1.165) is 13.0 Å². The predicted molar refractivity (Wildman–Crippen MR) is 66.5 cm³/mol. The van der Waals surface area contributed by atoms with Crippen molar-refractivity contribution in [3.8, 4) is 6.07 Å². The highest BCUT2D eigenvalue weighted by atomic mass is 19.4. The Kier molecular flexibility index (Phi) is 4.69. The van der Waals surface area contributed by atoms with Gasteiger partial charge in [-0.15, -0.1) is 0 Å². The van der Waals surface area contributed by atoms with Crippen molar-refractivity contribution in [3.63, 3.8) is 0 Å². The van der Waals surface area contributed by atoms with E-state index in [4.69, 9.17) is 5.26 Å². The molecule has 0 aliphatic heterocycles. The van der Waals surface area contributed by atoms with Gasteiger partial charge in [0, 0.05) is 6.42 Å². The molecule has 1 aromatic carbocycles. The summed E-state index contributed by atoms with van der Waals surface area (Å²) in [4.78, 5) is 10.9. The minimum Gasteiger partial charge on any atom is -0.376 e. The Morgan fingerprint density at radius 3 is 2.30 bits per heavy atom. The van der Waals surface area contributed by atoms with Crippen LogP contribution in [-0.4, -0.2) is 22.7 Å². The molecule has 0 fully saturated rings. The number of alkyl halides is 3. The van der Waals surface area contributed by atoms with Crippen molar-refractivity contribution in [2.24, 2.45) is 0 Å². The molecular weight excluding hydrogens is 271 g/mol. The van der Waals surface area contributed by atoms with Crippen molar-refractivity contribution in [2.45, 2.75) is 25.1 Å². The molecule has 6 heteroatoms. The lowest BCUT2D eigenvalue weighted by molar-refractivity contribution is -0.240. The minimum absolute atomic E-state index is 0.372. The molecule has 106 valence electrons. The van der Waals surface area contributed by atoms with E-state index >= 15 is 0 Å². The normalized spacial score (nSPS) is 14.8. The lowest BCUT2D eigenvalue weighted by Gasteiger charge is -2.26. The fraction of sp³-hybridized carbons (Fsp3) is 0.286. The molecular formula is C14H12F3NO2. The van der Waals surface area contributed by atoms with Crippen LogP contribution in [0.15, 0.2) is 30.3 Å². The summed E-state index contributed by atoms with van der Waals surface area (Å²) in [5.74, 6) is -0.769. The van der Waals surface area contributed by atoms with Crippen molar-refractivity contribution >= 4 is 11.9 Å². The first kappa shape index (κ1) is 15.9. The number of benzene rings is 1. The minimum atomic E-state index is -4.94. The molecule has 0 amide bonds. The number of nitrogens with zero attached hydrogens (tertiary/aromatic N) is 1. The summed E-state index contributed by atoms with van der Waals surface area (Å²) in [6, 6.07) is 7.65. The maximum atomic E-state index is 12.8. The molecule has 1 aromatic rings. The second-order valence-corrected chi connectivity index (χ2v) is 4.37. The van der Waals surface area contributed by atoms with Crippen molar-refractivity contribution < 1.29 is 23.1 Å². The summed E-state index contributed by atoms with van der Waals surface area (Å²) in [6.07, 6.45) is -4.36. The van der Waals surface area contributed by atoms with Crippen LogP contribution in [0.5, 0.6) is 0 Å². The van der Waals surface area contributed by atoms with Crippen LogP contribution in [-0.2, 0) is 4.79 Å². The highest BCUT2D eigenvalue weighted by Gasteiger charge is 2.52. The maximum absolute atomic E-state index is 12.8. The van der Waals surface area contributed by atoms with E-state index in [0.29, 0.717) is 17.2 Å². The first-order valence-electron chi connectivity index (χ1n) is 5.66. The average Bonchev–Trinajstić information content (AvgIpc) is 2.35. The second-order valence-electron chi connectivity index (χ2n) is 4.37. The number of halogens is 3. The zero-order valence-corrected chi connectivity index (χ0v) is 10.6. The third kappa shape index (κ3) is 3.93. The molecule has 0 bridgehead atoms. The molecule has 0 aromatic heterocycles. The Morgan fingerprint density at radius 1 is 1.35 bits per heavy atom. The van der Waals surface area contributed by atoms with Gasteiger partial charge in [-0.25, -0.2) is 0 Å². The van der Waals surface area contributed by atoms with Crippen LogP contribution in [0.25, 0.3) is 6.08 Å². The fourth-order valence-electron chi connectivity index (χ4n) is 1.54. The largest absolute Gasteiger partial charge is 0.421 e. The average molecular weight is 283 g/mol. The lowest BCUT2D eigenvalue weighted by atomic mass is 9.95. The van der Waals surface area contributed by atoms with Crippen molar-refractivity contribution in [1.29, 1.82) is 5.26 Å². The highest BCUT2D eigenvalue weighted by Crippen LogP contribution is 2.35. The van der Waals surface area contributed by atoms with E-state index in [2.05, 4.69) is 0 Å². The molecule has 0 saturated carbocycles. The van der Waals surface area contributed by atoms with Crippen LogP contribution in [0, 0.1) is 11.3 Å². The van der Waals surface area contributed by atoms with E-state index in [-0.39, 0.29) is 0 Å². The molecule has 0 heterocycles. The number of hydrogen-bond donors (Lipinski definition) is 1. The number of hydrogen-bond acceptors (Lipinski definition) is 3. The quantitative estimate of drug-likeness (QED) is 0.924. The molecule has 20 heavy (non-hydrogen) atoms. The molecule has 1 atom stereocenters. The summed E-state index contributed by atoms with van der Waals surface area (Å²) in [5.41, 5.74) is -2.43. The summed E-state index contributed by atoms with van der Waals surface area (Å²) in [5, 5.41) is 18.2. The molecule has 0 aliphatic carbocycles. The van der Waals surface area contributed by atoms with E-state index in [9.17, 15) is 23.1 Å². The highest BCUT2D eigenvalue weighted by molar-refractivity contribution is 5.77. The third-order valence-electron chi connectivity index (χ3n) is 2.60. The van der Waals surface area contributed by atoms with E-state index in [1.807, 2.05) is 6.07 Å². The Labute approximate surface area is 114 Å². The van der Waals surface area contributed by atoms with Crippen molar-refractivity contribution in [2.75, 3.05) is 0 Å². The summed E-state index contributed by atoms with van der Waals surface area (Å²) in [6.45, 7) is 0.978. The van der Waals surface area contributed by atoms with Crippen LogP contribution in [0.4, 0.5) is 13.2 Å². The van der Waals surface area contributed by atoms with E-state index in [1.165, 1.54) is 24.3 Å². The Morgan fingerprint density at radius 2 is 1.90 bits per heavy atom. The van der Waals surface area contributed by atoms with Gasteiger partial charge < -0.3 is 5.11 Å². The SMILES string of the molecule is CC(=O)C[C@](O)(/C=C/c1ccc(C#N)cc1)C(F)(F)F. The predicted octanol–water partition coefficient (Wildman–Crippen LogP) is 2.84. The number of rotatable bonds is 4. The first-order chi connectivity index (χ1) is 9.18. The number of Topliss-reactive ketones (excluding diaryl/α,β-unsaturated/α-hetero) is 1. The smallest absolute Gasteiger partial charge is 0.376 e. The van der Waals surface area contributed by atoms with Gasteiger partial charge in [0.15, 0.2) is 5.60 Å². The molecule has 0 aliphatic rings. The molecule has 0 unspecified atom stereocenters. The summed E-state index contributed by atoms with van der Waals surface area (Å²) in [7, 11) is 0. The summed E-state index contributed by atoms with van der Waals surface area (Å²) < 4.78 is 38.4. The van der Waals surface area contributed by atoms with Crippen molar-refractivity contribution in [3.05, 3.63) is 41.5 Å². The van der Waals surface area contributed by atoms with Gasteiger partial charge in [0.1, 0.15) is 5.78 Å². The van der Waals surface area contributed by atoms with Gasteiger partial charge in [-0.3, -0.25) is 4.79 Å². The summed E-state index contributed by atoms with van der Waals surface area (Å²) >= 11 is 0. The standard InChI is InChI=1S/C14H12F3NO2/c1-10(19)8-13(20,14(15,16)17)7-6-11-2-4-12(9-18)5-3-11/h2-7,20H,8H2,1H3/b7-6+/t13-/m1/s1. The lowest BCUT2D eigenvalue weighted by Crippen LogP contribution is -2.44. The molecule has 1 N–H and O–H groups in total. The third-order valence-corrected chi connectivity index (χ3v) is 2.60. The number of carbonyl (C=O) groups is 1. The van der Waals surface area contributed by atoms with Crippen LogP contribution < -0.4 is 0 Å². The number of ketones is 1. The van der Waals surface area contributed by atoms with Gasteiger partial charge in [-0.1, -0.05) is 18.2 Å². The Bertz CT molecular complexity index is 555. The second kappa shape index (κ2) is 5.88. The first-order valence-corrected chi connectivity index (χ1v) is 5.66. The van der Waals surface area contributed by atoms with Gasteiger partial charge >= 0.3 is 6.18 Å². The number of carbonyl (C=O) groups excluding carboxylic acids is 1. The van der Waals surface area contributed by atoms with Crippen LogP contribution in [0.3, 0.4) is 0 Å². The van der Waals surface area contributed by atoms with Gasteiger partial charge in [-0.05, 0) is 30.7 Å². The van der Waals surface area contributed by atoms with Crippen LogP contribution in [0.2, 0.25) is 0 Å². The Balaban J connectivity index is 3.03.